The average molecular weight is 593 g/mol. The summed E-state index contributed by atoms with van der Waals surface area (Å²) in [6.07, 6.45) is 2.93. The Kier molecular flexibility index (Phi) is 6.76. The van der Waals surface area contributed by atoms with Crippen molar-refractivity contribution in [2.24, 2.45) is 5.92 Å². The van der Waals surface area contributed by atoms with Crippen LogP contribution in [0.5, 0.6) is 0 Å². The monoisotopic (exact) mass is 592 g/mol. The Hall–Kier alpha value is -4.58. The van der Waals surface area contributed by atoms with Crippen LogP contribution in [-0.2, 0) is 11.2 Å². The maximum Gasteiger partial charge on any atom is 0.728 e. The lowest BCUT2D eigenvalue weighted by molar-refractivity contribution is 0.0658. The highest BCUT2D eigenvalue weighted by Crippen LogP contribution is 2.48. The average Bonchev–Trinajstić information content (AvgIpc) is 3.91. The molecule has 3 heterocycles. The number of amides is 2. The molecule has 7 rings (SSSR count). The topological polar surface area (TPSA) is 81.2 Å². The van der Waals surface area contributed by atoms with Crippen LogP contribution in [0.15, 0.2) is 54.6 Å². The number of hydrogen-bond donors (Lipinski definition) is 0. The van der Waals surface area contributed by atoms with Crippen LogP contribution in [0.25, 0.3) is 21.7 Å². The van der Waals surface area contributed by atoms with E-state index in [0.29, 0.717) is 35.1 Å². The first-order valence-corrected chi connectivity index (χ1v) is 15.3. The second kappa shape index (κ2) is 10.5. The van der Waals surface area contributed by atoms with E-state index in [-0.39, 0.29) is 29.6 Å². The maximum absolute atomic E-state index is 15.5. The zero-order valence-corrected chi connectivity index (χ0v) is 25.4. The first-order valence-electron chi connectivity index (χ1n) is 15.3. The van der Waals surface area contributed by atoms with Crippen molar-refractivity contribution in [3.63, 3.8) is 0 Å². The summed E-state index contributed by atoms with van der Waals surface area (Å²) in [7, 11) is 0. The van der Waals surface area contributed by atoms with Gasteiger partial charge in [0.2, 0.25) is 0 Å². The fourth-order valence-electron chi connectivity index (χ4n) is 6.20. The predicted octanol–water partition coefficient (Wildman–Crippen LogP) is 7.54. The molecule has 4 aromatic rings. The number of carbonyl (C=O) groups is 2. The fraction of sp³-hybridized carbons (Fsp3) is 0.400. The van der Waals surface area contributed by atoms with E-state index < -0.39 is 11.7 Å². The quantitative estimate of drug-likeness (QED) is 0.245. The third kappa shape index (κ3) is 5.45. The van der Waals surface area contributed by atoms with Gasteiger partial charge in [-0.15, -0.1) is 0 Å². The molecular formula is C35H35FN5O3+. The molecule has 8 nitrogen and oxygen atoms in total. The van der Waals surface area contributed by atoms with Crippen molar-refractivity contribution in [2.45, 2.75) is 76.9 Å². The summed E-state index contributed by atoms with van der Waals surface area (Å²) in [6.45, 7) is 8.05. The summed E-state index contributed by atoms with van der Waals surface area (Å²) >= 11 is 0. The van der Waals surface area contributed by atoms with Crippen LogP contribution in [0.4, 0.5) is 9.18 Å². The molecule has 0 spiro atoms. The lowest BCUT2D eigenvalue weighted by Crippen LogP contribution is -2.39. The van der Waals surface area contributed by atoms with Crippen LogP contribution in [0, 0.1) is 17.8 Å². The van der Waals surface area contributed by atoms with E-state index in [0.717, 1.165) is 36.9 Å². The van der Waals surface area contributed by atoms with E-state index in [1.165, 1.54) is 17.2 Å². The minimum atomic E-state index is -0.670. The Morgan fingerprint density at radius 3 is 2.64 bits per heavy atom. The zero-order valence-electron chi connectivity index (χ0n) is 25.4. The minimum Gasteiger partial charge on any atom is -0.392 e. The van der Waals surface area contributed by atoms with Gasteiger partial charge in [-0.3, -0.25) is 4.79 Å². The number of carbonyl (C=O) groups excluding carboxylic acids is 2. The maximum atomic E-state index is 15.5. The number of rotatable bonds is 4. The van der Waals surface area contributed by atoms with Crippen molar-refractivity contribution < 1.29 is 18.7 Å². The molecule has 2 fully saturated rings. The van der Waals surface area contributed by atoms with Gasteiger partial charge in [-0.05, 0) is 88.3 Å². The third-order valence-electron chi connectivity index (χ3n) is 8.73. The molecule has 2 aromatic carbocycles. The molecule has 0 saturated heterocycles. The van der Waals surface area contributed by atoms with Crippen LogP contribution >= 0.6 is 0 Å². The Bertz CT molecular complexity index is 1880. The van der Waals surface area contributed by atoms with E-state index >= 15 is 4.39 Å². The molecule has 44 heavy (non-hydrogen) atoms. The van der Waals surface area contributed by atoms with E-state index in [4.69, 9.17) is 14.8 Å². The minimum absolute atomic E-state index is 0.0461. The molecule has 2 aliphatic carbocycles. The number of aromatic nitrogens is 3. The van der Waals surface area contributed by atoms with Gasteiger partial charge >= 0.3 is 6.09 Å². The molecule has 3 atom stereocenters. The molecule has 9 heteroatoms. The molecule has 0 N–H and O–H groups in total. The number of hydrogen-bond acceptors (Lipinski definition) is 5. The van der Waals surface area contributed by atoms with Crippen molar-refractivity contribution in [3.8, 4) is 17.3 Å². The van der Waals surface area contributed by atoms with Gasteiger partial charge < -0.3 is 9.64 Å². The van der Waals surface area contributed by atoms with Gasteiger partial charge in [0.05, 0.1) is 16.6 Å². The van der Waals surface area contributed by atoms with Gasteiger partial charge in [-0.2, -0.15) is 9.89 Å². The van der Waals surface area contributed by atoms with Gasteiger partial charge in [0.25, 0.3) is 12.0 Å². The number of ether oxygens (including phenoxy) is 1. The van der Waals surface area contributed by atoms with Gasteiger partial charge in [0.1, 0.15) is 23.0 Å². The number of halogens is 1. The first-order chi connectivity index (χ1) is 21.1. The Balaban J connectivity index is 1.13. The highest BCUT2D eigenvalue weighted by atomic mass is 19.1. The van der Waals surface area contributed by atoms with Crippen LogP contribution in [-0.4, -0.2) is 43.6 Å². The molecule has 0 radical (unpaired) electrons. The lowest BCUT2D eigenvalue weighted by Gasteiger charge is -2.35. The van der Waals surface area contributed by atoms with Crippen molar-refractivity contribution in [1.82, 2.24) is 19.5 Å². The predicted molar refractivity (Wildman–Crippen MR) is 164 cm³/mol. The normalized spacial score (nSPS) is 20.9. The Morgan fingerprint density at radius 1 is 1.09 bits per heavy atom. The van der Waals surface area contributed by atoms with Gasteiger partial charge in [-0.25, -0.2) is 13.9 Å². The highest BCUT2D eigenvalue weighted by Gasteiger charge is 2.43. The SMILES string of the molecule is C[C@@H]1c2ccccc2CCN1C(=O)c1cc(C2CC2)n2nc(-c3ccc([C@H]4CC4C#[N+]C(=O)OC(C)(C)C)cc3F)cc2n1. The van der Waals surface area contributed by atoms with Crippen molar-refractivity contribution >= 4 is 17.6 Å². The largest absolute Gasteiger partial charge is 0.728 e. The van der Waals surface area contributed by atoms with Crippen LogP contribution in [0.3, 0.4) is 0 Å². The second-order valence-electron chi connectivity index (χ2n) is 13.2. The van der Waals surface area contributed by atoms with Crippen molar-refractivity contribution in [1.29, 1.82) is 0 Å². The van der Waals surface area contributed by atoms with E-state index in [1.54, 1.807) is 37.4 Å². The molecule has 1 aliphatic heterocycles. The van der Waals surface area contributed by atoms with Crippen LogP contribution < -0.4 is 0 Å². The van der Waals surface area contributed by atoms with Crippen molar-refractivity contribution in [3.05, 3.63) is 93.3 Å². The summed E-state index contributed by atoms with van der Waals surface area (Å²) < 4.78 is 22.5. The Morgan fingerprint density at radius 2 is 1.89 bits per heavy atom. The lowest BCUT2D eigenvalue weighted by atomic mass is 9.93. The molecule has 2 amide bonds. The number of fused-ring (bicyclic) bond motifs is 2. The molecule has 2 aromatic heterocycles. The van der Waals surface area contributed by atoms with E-state index in [2.05, 4.69) is 30.0 Å². The summed E-state index contributed by atoms with van der Waals surface area (Å²) in [5, 5.41) is 4.76. The smallest absolute Gasteiger partial charge is 0.392 e. The fourth-order valence-corrected chi connectivity index (χ4v) is 6.20. The van der Waals surface area contributed by atoms with Gasteiger partial charge in [-0.1, -0.05) is 30.3 Å². The Labute approximate surface area is 255 Å². The molecule has 1 unspecified atom stereocenters. The van der Waals surface area contributed by atoms with Gasteiger partial charge in [0, 0.05) is 35.7 Å². The van der Waals surface area contributed by atoms with E-state index in [1.807, 2.05) is 29.2 Å². The molecular weight excluding hydrogens is 557 g/mol. The summed E-state index contributed by atoms with van der Waals surface area (Å²) in [6, 6.07) is 19.9. The molecule has 3 aliphatic rings. The second-order valence-corrected chi connectivity index (χ2v) is 13.2. The van der Waals surface area contributed by atoms with Gasteiger partial charge in [0.15, 0.2) is 5.65 Å². The summed E-state index contributed by atoms with van der Waals surface area (Å²) in [4.78, 5) is 36.1. The highest BCUT2D eigenvalue weighted by molar-refractivity contribution is 5.93. The molecule has 2 saturated carbocycles. The summed E-state index contributed by atoms with van der Waals surface area (Å²) in [5.41, 5.74) is 5.38. The van der Waals surface area contributed by atoms with Crippen molar-refractivity contribution in [2.75, 3.05) is 6.54 Å². The molecule has 0 bridgehead atoms. The first kappa shape index (κ1) is 28.2. The standard InChI is InChI=1S/C35H35FN5O3/c1-20-25-8-6-5-7-21(25)13-14-40(20)33(42)30-17-31(22-9-10-22)41-32(38-30)18-29(39-41)26-12-11-23(16-28(26)36)27-15-24(27)19-37-34(43)44-35(2,3)4/h5-8,11-12,16-18,20,22,24,27H,9-10,13-15H2,1-4H3/q+1/t20-,24?,27-/m1/s1. The van der Waals surface area contributed by atoms with E-state index in [9.17, 15) is 9.59 Å². The number of nitrogens with zero attached hydrogens (tertiary/aromatic N) is 5. The third-order valence-corrected chi connectivity index (χ3v) is 8.73. The number of benzene rings is 2. The summed E-state index contributed by atoms with van der Waals surface area (Å²) in [5.74, 6) is -0.185. The zero-order chi connectivity index (χ0) is 30.7. The van der Waals surface area contributed by atoms with Crippen LogP contribution in [0.2, 0.25) is 0 Å². The van der Waals surface area contributed by atoms with Crippen LogP contribution in [0.1, 0.15) is 97.7 Å². The molecule has 224 valence electrons.